The Morgan fingerprint density at radius 1 is 1.50 bits per heavy atom. The van der Waals surface area contributed by atoms with Gasteiger partial charge in [-0.05, 0) is 32.1 Å². The zero-order valence-electron chi connectivity index (χ0n) is 11.0. The highest BCUT2D eigenvalue weighted by atomic mass is 32.2. The Balaban J connectivity index is 2.31. The molecule has 0 bridgehead atoms. The van der Waals surface area contributed by atoms with Gasteiger partial charge in [0, 0.05) is 18.2 Å². The molecule has 0 unspecified atom stereocenters. The van der Waals surface area contributed by atoms with Gasteiger partial charge in [0.05, 0.1) is 0 Å². The lowest BCUT2D eigenvalue weighted by atomic mass is 9.86. The lowest BCUT2D eigenvalue weighted by molar-refractivity contribution is -0.140. The maximum atomic E-state index is 11.9. The lowest BCUT2D eigenvalue weighted by Crippen LogP contribution is -2.11. The molecule has 0 fully saturated rings. The molecule has 0 aromatic rings. The molecule has 18 heavy (non-hydrogen) atoms. The van der Waals surface area contributed by atoms with Crippen molar-refractivity contribution in [2.24, 2.45) is 5.92 Å². The molecular formula is C14H20O3S. The first kappa shape index (κ1) is 15.0. The van der Waals surface area contributed by atoms with E-state index in [0.717, 1.165) is 24.8 Å². The molecule has 1 rings (SSSR count). The first-order valence-electron chi connectivity index (χ1n) is 6.15. The Labute approximate surface area is 113 Å². The molecule has 0 saturated carbocycles. The molecule has 0 saturated heterocycles. The molecule has 0 heterocycles. The smallest absolute Gasteiger partial charge is 0.302 e. The SMILES string of the molecule is C=C(C)[C@@H]1CC=C(C(=O)SCCOC(C)=O)CC1. The van der Waals surface area contributed by atoms with Crippen LogP contribution in [0.25, 0.3) is 0 Å². The predicted octanol–water partition coefficient (Wildman–Crippen LogP) is 3.11. The summed E-state index contributed by atoms with van der Waals surface area (Å²) < 4.78 is 4.79. The van der Waals surface area contributed by atoms with Crippen LogP contribution in [0.15, 0.2) is 23.8 Å². The molecule has 1 aliphatic rings. The number of ether oxygens (including phenoxy) is 1. The van der Waals surface area contributed by atoms with Crippen molar-refractivity contribution in [2.75, 3.05) is 12.4 Å². The third-order valence-electron chi connectivity index (χ3n) is 2.99. The molecule has 4 heteroatoms. The Bertz CT molecular complexity index is 371. The average molecular weight is 268 g/mol. The van der Waals surface area contributed by atoms with Crippen molar-refractivity contribution in [1.82, 2.24) is 0 Å². The Hall–Kier alpha value is -1.03. The highest BCUT2D eigenvalue weighted by Gasteiger charge is 2.19. The van der Waals surface area contributed by atoms with E-state index in [0.29, 0.717) is 18.3 Å². The fourth-order valence-electron chi connectivity index (χ4n) is 1.88. The van der Waals surface area contributed by atoms with Crippen LogP contribution in [-0.2, 0) is 14.3 Å². The van der Waals surface area contributed by atoms with E-state index in [-0.39, 0.29) is 11.1 Å². The number of rotatable bonds is 5. The second-order valence-corrected chi connectivity index (χ2v) is 5.59. The summed E-state index contributed by atoms with van der Waals surface area (Å²) in [5, 5.41) is 0.113. The topological polar surface area (TPSA) is 43.4 Å². The second kappa shape index (κ2) is 7.41. The summed E-state index contributed by atoms with van der Waals surface area (Å²) in [7, 11) is 0. The van der Waals surface area contributed by atoms with Crippen molar-refractivity contribution in [3.05, 3.63) is 23.8 Å². The Kier molecular flexibility index (Phi) is 6.19. The standard InChI is InChI=1S/C14H20O3S/c1-10(2)12-4-6-13(7-5-12)14(16)18-9-8-17-11(3)15/h6,12H,1,4-5,7-9H2,2-3H3/t12-/m1/s1. The molecule has 3 nitrogen and oxygen atoms in total. The zero-order chi connectivity index (χ0) is 13.5. The van der Waals surface area contributed by atoms with E-state index >= 15 is 0 Å². The number of hydrogen-bond acceptors (Lipinski definition) is 4. The number of hydrogen-bond donors (Lipinski definition) is 0. The molecule has 100 valence electrons. The molecule has 0 amide bonds. The van der Waals surface area contributed by atoms with Gasteiger partial charge < -0.3 is 4.74 Å². The van der Waals surface area contributed by atoms with Crippen LogP contribution in [0, 0.1) is 5.92 Å². The van der Waals surface area contributed by atoms with Crippen LogP contribution >= 0.6 is 11.8 Å². The fourth-order valence-corrected chi connectivity index (χ4v) is 2.60. The summed E-state index contributed by atoms with van der Waals surface area (Å²) in [5.74, 6) is 0.747. The zero-order valence-corrected chi connectivity index (χ0v) is 11.8. The average Bonchev–Trinajstić information content (AvgIpc) is 2.34. The van der Waals surface area contributed by atoms with Gasteiger partial charge in [0.2, 0.25) is 5.12 Å². The monoisotopic (exact) mass is 268 g/mol. The normalized spacial score (nSPS) is 19.0. The summed E-state index contributed by atoms with van der Waals surface area (Å²) in [5.41, 5.74) is 2.10. The third kappa shape index (κ3) is 5.08. The largest absolute Gasteiger partial charge is 0.465 e. The lowest BCUT2D eigenvalue weighted by Gasteiger charge is -2.21. The predicted molar refractivity (Wildman–Crippen MR) is 74.3 cm³/mol. The molecule has 0 aromatic heterocycles. The summed E-state index contributed by atoms with van der Waals surface area (Å²) in [6.45, 7) is 7.67. The van der Waals surface area contributed by atoms with Gasteiger partial charge in [0.15, 0.2) is 0 Å². The van der Waals surface area contributed by atoms with Crippen LogP contribution in [0.2, 0.25) is 0 Å². The van der Waals surface area contributed by atoms with Gasteiger partial charge in [-0.15, -0.1) is 0 Å². The second-order valence-electron chi connectivity index (χ2n) is 4.52. The van der Waals surface area contributed by atoms with E-state index in [4.69, 9.17) is 4.74 Å². The van der Waals surface area contributed by atoms with Crippen LogP contribution in [0.3, 0.4) is 0 Å². The van der Waals surface area contributed by atoms with Crippen LogP contribution in [0.5, 0.6) is 0 Å². The van der Waals surface area contributed by atoms with E-state index in [1.807, 2.05) is 13.0 Å². The first-order valence-corrected chi connectivity index (χ1v) is 7.14. The van der Waals surface area contributed by atoms with Crippen LogP contribution in [0.1, 0.15) is 33.1 Å². The van der Waals surface area contributed by atoms with Gasteiger partial charge in [-0.2, -0.15) is 0 Å². The van der Waals surface area contributed by atoms with Crippen molar-refractivity contribution in [3.63, 3.8) is 0 Å². The van der Waals surface area contributed by atoms with Gasteiger partial charge in [0.25, 0.3) is 0 Å². The van der Waals surface area contributed by atoms with E-state index < -0.39 is 0 Å². The minimum Gasteiger partial charge on any atom is -0.465 e. The summed E-state index contributed by atoms with van der Waals surface area (Å²) in [6, 6.07) is 0. The van der Waals surface area contributed by atoms with E-state index in [1.54, 1.807) is 0 Å². The number of carbonyl (C=O) groups is 2. The van der Waals surface area contributed by atoms with Crippen molar-refractivity contribution in [1.29, 1.82) is 0 Å². The van der Waals surface area contributed by atoms with Crippen LogP contribution in [0.4, 0.5) is 0 Å². The Morgan fingerprint density at radius 2 is 2.22 bits per heavy atom. The van der Waals surface area contributed by atoms with Crippen molar-refractivity contribution >= 4 is 22.8 Å². The molecule has 0 aromatic carbocycles. The fraction of sp³-hybridized carbons (Fsp3) is 0.571. The maximum absolute atomic E-state index is 11.9. The maximum Gasteiger partial charge on any atom is 0.302 e. The minimum absolute atomic E-state index is 0.113. The van der Waals surface area contributed by atoms with Crippen molar-refractivity contribution in [2.45, 2.75) is 33.1 Å². The van der Waals surface area contributed by atoms with E-state index in [2.05, 4.69) is 6.58 Å². The van der Waals surface area contributed by atoms with Gasteiger partial charge in [-0.25, -0.2) is 0 Å². The minimum atomic E-state index is -0.302. The molecule has 1 atom stereocenters. The molecular weight excluding hydrogens is 248 g/mol. The molecule has 0 radical (unpaired) electrons. The summed E-state index contributed by atoms with van der Waals surface area (Å²) >= 11 is 1.23. The third-order valence-corrected chi connectivity index (χ3v) is 3.89. The van der Waals surface area contributed by atoms with E-state index in [9.17, 15) is 9.59 Å². The highest BCUT2D eigenvalue weighted by Crippen LogP contribution is 2.30. The van der Waals surface area contributed by atoms with Gasteiger partial charge in [0.1, 0.15) is 6.61 Å². The summed E-state index contributed by atoms with van der Waals surface area (Å²) in [6.07, 6.45) is 4.79. The molecule has 0 spiro atoms. The van der Waals surface area contributed by atoms with Gasteiger partial charge >= 0.3 is 5.97 Å². The number of thioether (sulfide) groups is 1. The quantitative estimate of drug-likeness (QED) is 0.436. The van der Waals surface area contributed by atoms with Gasteiger partial charge in [-0.3, -0.25) is 9.59 Å². The number of esters is 1. The summed E-state index contributed by atoms with van der Waals surface area (Å²) in [4.78, 5) is 22.4. The van der Waals surface area contributed by atoms with E-state index in [1.165, 1.54) is 24.3 Å². The number of allylic oxidation sites excluding steroid dienone is 2. The Morgan fingerprint density at radius 3 is 2.72 bits per heavy atom. The van der Waals surface area contributed by atoms with Crippen molar-refractivity contribution < 1.29 is 14.3 Å². The molecule has 1 aliphatic carbocycles. The van der Waals surface area contributed by atoms with Crippen LogP contribution in [-0.4, -0.2) is 23.4 Å². The molecule has 0 aliphatic heterocycles. The van der Waals surface area contributed by atoms with Crippen LogP contribution < -0.4 is 0 Å². The van der Waals surface area contributed by atoms with Gasteiger partial charge in [-0.1, -0.05) is 30.0 Å². The molecule has 0 N–H and O–H groups in total. The van der Waals surface area contributed by atoms with Crippen molar-refractivity contribution in [3.8, 4) is 0 Å². The first-order chi connectivity index (χ1) is 8.50. The number of carbonyl (C=O) groups excluding carboxylic acids is 2. The highest BCUT2D eigenvalue weighted by molar-refractivity contribution is 8.14.